The molecule has 0 radical (unpaired) electrons. The quantitative estimate of drug-likeness (QED) is 0.169. The highest BCUT2D eigenvalue weighted by Gasteiger charge is 2.48. The van der Waals surface area contributed by atoms with Gasteiger partial charge < -0.3 is 5.11 Å². The molecule has 0 bridgehead atoms. The molecule has 0 aliphatic carbocycles. The van der Waals surface area contributed by atoms with Crippen molar-refractivity contribution >= 4 is 40.2 Å². The summed E-state index contributed by atoms with van der Waals surface area (Å²) < 4.78 is 40.0. The van der Waals surface area contributed by atoms with Crippen LogP contribution in [-0.4, -0.2) is 21.7 Å². The predicted molar refractivity (Wildman–Crippen MR) is 118 cm³/mol. The van der Waals surface area contributed by atoms with Gasteiger partial charge in [0.25, 0.3) is 17.4 Å². The zero-order chi connectivity index (χ0) is 24.8. The maximum Gasteiger partial charge on any atom is 0.416 e. The first-order chi connectivity index (χ1) is 16.0. The highest BCUT2D eigenvalue weighted by molar-refractivity contribution is 7.10. The van der Waals surface area contributed by atoms with Gasteiger partial charge in [-0.05, 0) is 42.1 Å². The minimum Gasteiger partial charge on any atom is -0.507 e. The second kappa shape index (κ2) is 8.41. The Morgan fingerprint density at radius 1 is 1.12 bits per heavy atom. The maximum absolute atomic E-state index is 13.3. The SMILES string of the molecule is Cc1ccsc1C1/C(=C(/O)c2cccc([N+](=O)[O-])c2)C(=O)C(=O)N1c1cccc(C(F)(F)F)c1. The molecule has 1 fully saturated rings. The van der Waals surface area contributed by atoms with Crippen LogP contribution < -0.4 is 4.90 Å². The molecule has 174 valence electrons. The fourth-order valence-electron chi connectivity index (χ4n) is 3.77. The molecule has 2 heterocycles. The van der Waals surface area contributed by atoms with E-state index in [0.29, 0.717) is 10.4 Å². The van der Waals surface area contributed by atoms with Crippen LogP contribution in [0.4, 0.5) is 24.5 Å². The molecule has 1 N–H and O–H groups in total. The molecule has 2 aromatic carbocycles. The zero-order valence-corrected chi connectivity index (χ0v) is 18.2. The van der Waals surface area contributed by atoms with Gasteiger partial charge in [-0.3, -0.25) is 24.6 Å². The van der Waals surface area contributed by atoms with Crippen molar-refractivity contribution in [3.8, 4) is 0 Å². The molecule has 4 rings (SSSR count). The number of alkyl halides is 3. The molecule has 0 spiro atoms. The summed E-state index contributed by atoms with van der Waals surface area (Å²) in [5, 5.41) is 23.8. The maximum atomic E-state index is 13.3. The van der Waals surface area contributed by atoms with Crippen LogP contribution in [0, 0.1) is 17.0 Å². The number of hydrogen-bond acceptors (Lipinski definition) is 6. The summed E-state index contributed by atoms with van der Waals surface area (Å²) in [6.45, 7) is 1.70. The van der Waals surface area contributed by atoms with E-state index in [-0.39, 0.29) is 22.5 Å². The fraction of sp³-hybridized carbons (Fsp3) is 0.130. The standard InChI is InChI=1S/C23H15F3N2O5S/c1-12-8-9-34-21(12)18-17(19(29)13-4-2-7-16(10-13)28(32)33)20(30)22(31)27(18)15-6-3-5-14(11-15)23(24,25)26/h2-11,18,29H,1H3/b19-17-. The Kier molecular flexibility index (Phi) is 5.74. The number of rotatable bonds is 4. The van der Waals surface area contributed by atoms with E-state index >= 15 is 0 Å². The number of hydrogen-bond donors (Lipinski definition) is 1. The third kappa shape index (κ3) is 3.94. The third-order valence-corrected chi connectivity index (χ3v) is 6.45. The molecule has 3 aromatic rings. The Balaban J connectivity index is 1.95. The number of anilines is 1. The number of halogens is 3. The first kappa shape index (κ1) is 23.2. The average molecular weight is 488 g/mol. The van der Waals surface area contributed by atoms with E-state index in [4.69, 9.17) is 0 Å². The lowest BCUT2D eigenvalue weighted by molar-refractivity contribution is -0.384. The van der Waals surface area contributed by atoms with Crippen molar-refractivity contribution < 1.29 is 32.8 Å². The summed E-state index contributed by atoms with van der Waals surface area (Å²) in [6.07, 6.45) is -4.68. The molecule has 1 aromatic heterocycles. The molecule has 1 aliphatic heterocycles. The number of carbonyl (C=O) groups excluding carboxylic acids is 2. The first-order valence-electron chi connectivity index (χ1n) is 9.77. The third-order valence-electron chi connectivity index (χ3n) is 5.38. The van der Waals surface area contributed by atoms with Crippen molar-refractivity contribution in [2.75, 3.05) is 4.90 Å². The highest BCUT2D eigenvalue weighted by atomic mass is 32.1. The van der Waals surface area contributed by atoms with Crippen LogP contribution >= 0.6 is 11.3 Å². The number of carbonyl (C=O) groups is 2. The molecule has 0 saturated carbocycles. The summed E-state index contributed by atoms with van der Waals surface area (Å²) in [7, 11) is 0. The van der Waals surface area contributed by atoms with Crippen LogP contribution in [0.5, 0.6) is 0 Å². The van der Waals surface area contributed by atoms with Crippen molar-refractivity contribution in [2.45, 2.75) is 19.1 Å². The Morgan fingerprint density at radius 2 is 1.82 bits per heavy atom. The Bertz CT molecular complexity index is 1360. The van der Waals surface area contributed by atoms with E-state index in [1.165, 1.54) is 24.3 Å². The molecule has 1 saturated heterocycles. The van der Waals surface area contributed by atoms with Gasteiger partial charge in [0.1, 0.15) is 11.8 Å². The number of aliphatic hydroxyl groups excluding tert-OH is 1. The lowest BCUT2D eigenvalue weighted by Crippen LogP contribution is -2.29. The summed E-state index contributed by atoms with van der Waals surface area (Å²) in [5.41, 5.74) is -1.32. The van der Waals surface area contributed by atoms with Gasteiger partial charge in [0.05, 0.1) is 16.1 Å². The van der Waals surface area contributed by atoms with Crippen LogP contribution in [0.25, 0.3) is 5.76 Å². The molecular formula is C23H15F3N2O5S. The van der Waals surface area contributed by atoms with Crippen LogP contribution in [0.15, 0.2) is 65.6 Å². The number of Topliss-reactive ketones (excluding diaryl/α,β-unsaturated/α-hetero) is 1. The number of amides is 1. The summed E-state index contributed by atoms with van der Waals surface area (Å²) in [6, 6.07) is 9.36. The molecule has 1 aliphatic rings. The van der Waals surface area contributed by atoms with Gasteiger partial charge in [-0.15, -0.1) is 11.3 Å². The van der Waals surface area contributed by atoms with E-state index < -0.39 is 40.2 Å². The lowest BCUT2D eigenvalue weighted by Gasteiger charge is -2.25. The van der Waals surface area contributed by atoms with E-state index in [1.54, 1.807) is 18.4 Å². The monoisotopic (exact) mass is 488 g/mol. The van der Waals surface area contributed by atoms with Gasteiger partial charge in [-0.25, -0.2) is 0 Å². The van der Waals surface area contributed by atoms with E-state index in [2.05, 4.69) is 0 Å². The van der Waals surface area contributed by atoms with Gasteiger partial charge >= 0.3 is 6.18 Å². The van der Waals surface area contributed by atoms with Gasteiger partial charge in [-0.1, -0.05) is 18.2 Å². The number of nitro benzene ring substituents is 1. The second-order valence-corrected chi connectivity index (χ2v) is 8.44. The molecule has 1 unspecified atom stereocenters. The lowest BCUT2D eigenvalue weighted by atomic mass is 9.98. The molecule has 1 atom stereocenters. The van der Waals surface area contributed by atoms with Crippen LogP contribution in [0.1, 0.15) is 27.6 Å². The first-order valence-corrected chi connectivity index (χ1v) is 10.7. The van der Waals surface area contributed by atoms with Crippen molar-refractivity contribution in [2.24, 2.45) is 0 Å². The normalized spacial score (nSPS) is 17.9. The number of non-ortho nitro benzene ring substituents is 1. The van der Waals surface area contributed by atoms with E-state index in [1.807, 2.05) is 0 Å². The number of nitrogens with zero attached hydrogens (tertiary/aromatic N) is 2. The van der Waals surface area contributed by atoms with E-state index in [0.717, 1.165) is 40.5 Å². The summed E-state index contributed by atoms with van der Waals surface area (Å²) in [5.74, 6) is -2.89. The van der Waals surface area contributed by atoms with Crippen LogP contribution in [0.2, 0.25) is 0 Å². The smallest absolute Gasteiger partial charge is 0.416 e. The van der Waals surface area contributed by atoms with Gasteiger partial charge in [-0.2, -0.15) is 13.2 Å². The zero-order valence-electron chi connectivity index (χ0n) is 17.4. The summed E-state index contributed by atoms with van der Waals surface area (Å²) >= 11 is 1.16. The number of benzene rings is 2. The minimum atomic E-state index is -4.68. The van der Waals surface area contributed by atoms with Crippen molar-refractivity contribution in [3.05, 3.63) is 97.2 Å². The average Bonchev–Trinajstić information content (AvgIpc) is 3.33. The van der Waals surface area contributed by atoms with E-state index in [9.17, 15) is 38.0 Å². The number of thiophene rings is 1. The fourth-order valence-corrected chi connectivity index (χ4v) is 4.79. The predicted octanol–water partition coefficient (Wildman–Crippen LogP) is 5.61. The van der Waals surface area contributed by atoms with Crippen molar-refractivity contribution in [3.63, 3.8) is 0 Å². The van der Waals surface area contributed by atoms with Crippen molar-refractivity contribution in [1.29, 1.82) is 0 Å². The van der Waals surface area contributed by atoms with Gasteiger partial charge in [0.15, 0.2) is 0 Å². The number of aryl methyl sites for hydroxylation is 1. The largest absolute Gasteiger partial charge is 0.507 e. The van der Waals surface area contributed by atoms with Crippen LogP contribution in [0.3, 0.4) is 0 Å². The Labute approximate surface area is 194 Å². The Hall–Kier alpha value is -3.99. The minimum absolute atomic E-state index is 0.0737. The van der Waals surface area contributed by atoms with Gasteiger partial charge in [0, 0.05) is 28.3 Å². The molecule has 34 heavy (non-hydrogen) atoms. The van der Waals surface area contributed by atoms with Gasteiger partial charge in [0.2, 0.25) is 0 Å². The second-order valence-electron chi connectivity index (χ2n) is 7.49. The molecule has 7 nitrogen and oxygen atoms in total. The highest BCUT2D eigenvalue weighted by Crippen LogP contribution is 2.45. The Morgan fingerprint density at radius 3 is 2.44 bits per heavy atom. The number of ketones is 1. The van der Waals surface area contributed by atoms with Crippen molar-refractivity contribution in [1.82, 2.24) is 0 Å². The molecule has 1 amide bonds. The number of aliphatic hydroxyl groups is 1. The topological polar surface area (TPSA) is 101 Å². The number of nitro groups is 1. The molecular weight excluding hydrogens is 473 g/mol. The molecule has 11 heteroatoms. The summed E-state index contributed by atoms with van der Waals surface area (Å²) in [4.78, 5) is 38.0. The van der Waals surface area contributed by atoms with Crippen LogP contribution in [-0.2, 0) is 15.8 Å².